The van der Waals surface area contributed by atoms with Gasteiger partial charge in [-0.25, -0.2) is 18.2 Å². The summed E-state index contributed by atoms with van der Waals surface area (Å²) >= 11 is 1.21. The fraction of sp³-hybridized carbons (Fsp3) is 0.560. The van der Waals surface area contributed by atoms with E-state index in [1.54, 1.807) is 11.1 Å². The van der Waals surface area contributed by atoms with Gasteiger partial charge in [-0.15, -0.1) is 0 Å². The summed E-state index contributed by atoms with van der Waals surface area (Å²) in [4.78, 5) is 12.0. The lowest BCUT2D eigenvalue weighted by atomic mass is 9.91. The third kappa shape index (κ3) is 4.98. The van der Waals surface area contributed by atoms with Gasteiger partial charge in [-0.05, 0) is 31.4 Å². The van der Waals surface area contributed by atoms with Crippen LogP contribution in [0.2, 0.25) is 0 Å². The van der Waals surface area contributed by atoms with Gasteiger partial charge >= 0.3 is 0 Å². The van der Waals surface area contributed by atoms with Crippen LogP contribution in [0.5, 0.6) is 5.19 Å². The predicted octanol–water partition coefficient (Wildman–Crippen LogP) is 4.35. The molecule has 1 saturated heterocycles. The van der Waals surface area contributed by atoms with Gasteiger partial charge in [0.25, 0.3) is 11.1 Å². The number of hydrogen-bond donors (Lipinski definition) is 2. The summed E-state index contributed by atoms with van der Waals surface area (Å²) in [5.74, 6) is -3.27. The highest BCUT2D eigenvalue weighted by atomic mass is 32.1. The second kappa shape index (κ2) is 10.3. The molecule has 0 aliphatic carbocycles. The average Bonchev–Trinajstić information content (AvgIpc) is 3.56. The van der Waals surface area contributed by atoms with E-state index in [4.69, 9.17) is 4.74 Å². The molecular formula is C25H30F4N4O2S. The number of nitrogens with zero attached hydrogens (tertiary/aromatic N) is 3. The van der Waals surface area contributed by atoms with Crippen LogP contribution in [0.25, 0.3) is 10.9 Å². The molecule has 0 radical (unpaired) electrons. The number of para-hydroxylation sites is 1. The molecule has 0 amide bonds. The Morgan fingerprint density at radius 2 is 2.08 bits per heavy atom. The largest absolute Gasteiger partial charge is 0.462 e. The van der Waals surface area contributed by atoms with Crippen molar-refractivity contribution >= 4 is 22.2 Å². The predicted molar refractivity (Wildman–Crippen MR) is 131 cm³/mol. The number of nitrogens with one attached hydrogen (secondary N) is 1. The molecule has 2 aliphatic heterocycles. The van der Waals surface area contributed by atoms with Crippen molar-refractivity contribution in [3.05, 3.63) is 46.6 Å². The van der Waals surface area contributed by atoms with Crippen molar-refractivity contribution in [2.75, 3.05) is 39.5 Å². The number of halogens is 4. The van der Waals surface area contributed by atoms with Crippen LogP contribution in [-0.2, 0) is 6.42 Å². The van der Waals surface area contributed by atoms with Crippen molar-refractivity contribution in [2.24, 2.45) is 0 Å². The molecule has 3 aromatic rings. The zero-order valence-corrected chi connectivity index (χ0v) is 20.8. The molecule has 2 aromatic heterocycles. The van der Waals surface area contributed by atoms with Gasteiger partial charge in [-0.2, -0.15) is 0 Å². The van der Waals surface area contributed by atoms with E-state index in [1.807, 2.05) is 36.1 Å². The second-order valence-electron chi connectivity index (χ2n) is 9.71. The van der Waals surface area contributed by atoms with Crippen LogP contribution in [-0.4, -0.2) is 88.6 Å². The van der Waals surface area contributed by atoms with Gasteiger partial charge in [0.15, 0.2) is 6.17 Å². The maximum absolute atomic E-state index is 14.6. The van der Waals surface area contributed by atoms with Gasteiger partial charge in [0.1, 0.15) is 12.7 Å². The number of thiazole rings is 1. The van der Waals surface area contributed by atoms with Gasteiger partial charge in [0.2, 0.25) is 0 Å². The molecule has 4 heterocycles. The SMILES string of the molecule is C[C@@H]1Cc2c([nH]c3ccccc23)[C@@H](c2cnc(O[C@H]3CN(CCCF)C[C@@H]3F)s2)N1CC(F)(F)CO. The summed E-state index contributed by atoms with van der Waals surface area (Å²) in [6.45, 7) is 0.604. The number of aliphatic hydroxyl groups is 1. The Balaban J connectivity index is 1.45. The number of hydrogen-bond acceptors (Lipinski definition) is 6. The van der Waals surface area contributed by atoms with Gasteiger partial charge in [0, 0.05) is 48.5 Å². The quantitative estimate of drug-likeness (QED) is 0.406. The number of aromatic nitrogens is 2. The molecule has 6 nitrogen and oxygen atoms in total. The van der Waals surface area contributed by atoms with Crippen LogP contribution in [0, 0.1) is 0 Å². The minimum absolute atomic E-state index is 0.186. The monoisotopic (exact) mass is 526 g/mol. The highest BCUT2D eigenvalue weighted by Gasteiger charge is 2.42. The molecule has 1 aromatic carbocycles. The van der Waals surface area contributed by atoms with E-state index in [-0.39, 0.29) is 17.8 Å². The number of fused-ring (bicyclic) bond motifs is 3. The average molecular weight is 527 g/mol. The first-order valence-corrected chi connectivity index (χ1v) is 13.0. The lowest BCUT2D eigenvalue weighted by Gasteiger charge is -2.41. The van der Waals surface area contributed by atoms with E-state index in [2.05, 4.69) is 9.97 Å². The van der Waals surface area contributed by atoms with E-state index in [0.29, 0.717) is 30.8 Å². The van der Waals surface area contributed by atoms with Crippen molar-refractivity contribution in [3.63, 3.8) is 0 Å². The van der Waals surface area contributed by atoms with Crippen LogP contribution >= 0.6 is 11.3 Å². The fourth-order valence-electron chi connectivity index (χ4n) is 5.34. The number of likely N-dealkylation sites (tertiary alicyclic amines) is 1. The van der Waals surface area contributed by atoms with Gasteiger partial charge < -0.3 is 14.8 Å². The molecule has 2 aliphatic rings. The Labute approximate surface area is 210 Å². The minimum atomic E-state index is -3.27. The maximum Gasteiger partial charge on any atom is 0.283 e. The van der Waals surface area contributed by atoms with Crippen molar-refractivity contribution in [2.45, 2.75) is 50.0 Å². The zero-order chi connectivity index (χ0) is 25.4. The molecule has 4 atom stereocenters. The molecular weight excluding hydrogens is 496 g/mol. The normalized spacial score (nSPS) is 25.5. The molecule has 0 saturated carbocycles. The second-order valence-corrected chi connectivity index (χ2v) is 10.7. The molecule has 1 fully saturated rings. The molecule has 2 N–H and O–H groups in total. The number of H-pyrrole nitrogens is 1. The summed E-state index contributed by atoms with van der Waals surface area (Å²) < 4.78 is 61.8. The van der Waals surface area contributed by atoms with Crippen molar-refractivity contribution in [3.8, 4) is 5.19 Å². The number of alkyl halides is 4. The molecule has 36 heavy (non-hydrogen) atoms. The summed E-state index contributed by atoms with van der Waals surface area (Å²) in [7, 11) is 0. The Bertz CT molecular complexity index is 1190. The van der Waals surface area contributed by atoms with Crippen molar-refractivity contribution in [1.29, 1.82) is 0 Å². The third-order valence-electron chi connectivity index (χ3n) is 7.07. The summed E-state index contributed by atoms with van der Waals surface area (Å²) in [5.41, 5.74) is 2.82. The van der Waals surface area contributed by atoms with Gasteiger partial charge in [-0.3, -0.25) is 14.2 Å². The number of aliphatic hydroxyl groups excluding tert-OH is 1. The minimum Gasteiger partial charge on any atom is -0.462 e. The molecule has 196 valence electrons. The van der Waals surface area contributed by atoms with Crippen LogP contribution in [0.1, 0.15) is 35.5 Å². The summed E-state index contributed by atoms with van der Waals surface area (Å²) in [6, 6.07) is 7.08. The molecule has 11 heteroatoms. The number of aromatic amines is 1. The molecule has 0 unspecified atom stereocenters. The van der Waals surface area contributed by atoms with E-state index in [1.165, 1.54) is 11.3 Å². The highest BCUT2D eigenvalue weighted by molar-refractivity contribution is 7.13. The molecule has 0 bridgehead atoms. The Morgan fingerprint density at radius 1 is 1.28 bits per heavy atom. The van der Waals surface area contributed by atoms with Gasteiger partial charge in [0.05, 0.1) is 24.1 Å². The fourth-order valence-corrected chi connectivity index (χ4v) is 6.29. The Kier molecular flexibility index (Phi) is 7.26. The van der Waals surface area contributed by atoms with Crippen LogP contribution in [0.3, 0.4) is 0 Å². The lowest BCUT2D eigenvalue weighted by Crippen LogP contribution is -2.49. The van der Waals surface area contributed by atoms with Crippen molar-refractivity contribution in [1.82, 2.24) is 19.8 Å². The van der Waals surface area contributed by atoms with Crippen LogP contribution in [0.15, 0.2) is 30.5 Å². The lowest BCUT2D eigenvalue weighted by molar-refractivity contribution is -0.0862. The summed E-state index contributed by atoms with van der Waals surface area (Å²) in [5, 5.41) is 10.6. The highest BCUT2D eigenvalue weighted by Crippen LogP contribution is 2.44. The van der Waals surface area contributed by atoms with Crippen molar-refractivity contribution < 1.29 is 27.4 Å². The first-order valence-electron chi connectivity index (χ1n) is 12.2. The molecule has 5 rings (SSSR count). The topological polar surface area (TPSA) is 64.6 Å². The van der Waals surface area contributed by atoms with Crippen LogP contribution < -0.4 is 4.74 Å². The van der Waals surface area contributed by atoms with Crippen LogP contribution in [0.4, 0.5) is 17.6 Å². The number of rotatable bonds is 9. The number of ether oxygens (including phenoxy) is 1. The van der Waals surface area contributed by atoms with Gasteiger partial charge in [-0.1, -0.05) is 29.5 Å². The third-order valence-corrected chi connectivity index (χ3v) is 8.01. The maximum atomic E-state index is 14.6. The smallest absolute Gasteiger partial charge is 0.283 e. The standard InChI is InChI=1S/C25H30F4N4O2S/c1-15-9-17-16-5-2-3-6-19(16)31-22(17)23(33(15)13-25(28,29)14-34)21-10-30-24(36-21)35-20-12-32(8-4-7-26)11-18(20)27/h2-3,5-6,10,15,18,20,23,31,34H,4,7-9,11-14H2,1H3/t15-,18+,20+,23-/m1/s1. The van der Waals surface area contributed by atoms with E-state index in [9.17, 15) is 22.7 Å². The Hall–Kier alpha value is -2.21. The number of benzene rings is 1. The van der Waals surface area contributed by atoms with E-state index >= 15 is 0 Å². The van der Waals surface area contributed by atoms with E-state index in [0.717, 1.165) is 22.2 Å². The first kappa shape index (κ1) is 25.4. The summed E-state index contributed by atoms with van der Waals surface area (Å²) in [6.07, 6.45) is 0.603. The Morgan fingerprint density at radius 3 is 2.86 bits per heavy atom. The van der Waals surface area contributed by atoms with E-state index < -0.39 is 44.1 Å². The molecule has 0 spiro atoms. The first-order chi connectivity index (χ1) is 17.3. The zero-order valence-electron chi connectivity index (χ0n) is 20.0.